The number of benzene rings is 3. The average Bonchev–Trinajstić information content (AvgIpc) is 3.49. The molecule has 214 valence electrons. The van der Waals surface area contributed by atoms with Crippen LogP contribution in [0.25, 0.3) is 10.8 Å². The molecule has 3 aliphatic rings. The Hall–Kier alpha value is -3.75. The van der Waals surface area contributed by atoms with Crippen LogP contribution >= 0.6 is 0 Å². The molecule has 8 nitrogen and oxygen atoms in total. The largest absolute Gasteiger partial charge is 0.394 e. The topological polar surface area (TPSA) is 108 Å². The third-order valence-electron chi connectivity index (χ3n) is 9.69. The zero-order valence-electron chi connectivity index (χ0n) is 23.7. The minimum atomic E-state index is -1.18. The number of carbonyl (C=O) groups is 3. The second-order valence-corrected chi connectivity index (χ2v) is 11.9. The van der Waals surface area contributed by atoms with Gasteiger partial charge in [-0.05, 0) is 54.2 Å². The van der Waals surface area contributed by atoms with Gasteiger partial charge in [0.2, 0.25) is 17.7 Å². The molecule has 3 amide bonds. The average molecular weight is 556 g/mol. The fourth-order valence-corrected chi connectivity index (χ4v) is 7.56. The maximum absolute atomic E-state index is 14.3. The minimum Gasteiger partial charge on any atom is -0.394 e. The lowest BCUT2D eigenvalue weighted by molar-refractivity contribution is -0.149. The number of carbonyl (C=O) groups excluding carboxylic acids is 3. The molecule has 3 N–H and O–H groups in total. The summed E-state index contributed by atoms with van der Waals surface area (Å²) in [6.45, 7) is 5.85. The van der Waals surface area contributed by atoms with Gasteiger partial charge in [0.05, 0.1) is 30.1 Å². The summed E-state index contributed by atoms with van der Waals surface area (Å²) in [7, 11) is 0. The molecule has 3 aromatic rings. The summed E-state index contributed by atoms with van der Waals surface area (Å²) in [5.41, 5.74) is -0.516. The highest BCUT2D eigenvalue weighted by Crippen LogP contribution is 2.65. The third-order valence-corrected chi connectivity index (χ3v) is 9.69. The van der Waals surface area contributed by atoms with E-state index in [1.807, 2.05) is 93.6 Å². The quantitative estimate of drug-likeness (QED) is 0.391. The Morgan fingerprint density at radius 2 is 1.76 bits per heavy atom. The first kappa shape index (κ1) is 27.4. The first-order chi connectivity index (χ1) is 19.7. The van der Waals surface area contributed by atoms with E-state index < -0.39 is 35.1 Å². The van der Waals surface area contributed by atoms with Crippen molar-refractivity contribution in [3.8, 4) is 0 Å². The molecule has 3 heterocycles. The summed E-state index contributed by atoms with van der Waals surface area (Å²) >= 11 is 0. The van der Waals surface area contributed by atoms with Gasteiger partial charge in [-0.25, -0.2) is 0 Å². The smallest absolute Gasteiger partial charge is 0.250 e. The molecule has 7 atom stereocenters. The first-order valence-corrected chi connectivity index (χ1v) is 14.5. The summed E-state index contributed by atoms with van der Waals surface area (Å²) < 4.78 is 6.79. The Balaban J connectivity index is 1.36. The summed E-state index contributed by atoms with van der Waals surface area (Å²) in [6, 6.07) is 21.6. The number of amides is 3. The van der Waals surface area contributed by atoms with Gasteiger partial charge in [-0.15, -0.1) is 0 Å². The van der Waals surface area contributed by atoms with Gasteiger partial charge in [-0.2, -0.15) is 0 Å². The van der Waals surface area contributed by atoms with E-state index in [1.54, 1.807) is 0 Å². The Bertz CT molecular complexity index is 1490. The van der Waals surface area contributed by atoms with Crippen LogP contribution in [-0.4, -0.2) is 57.6 Å². The maximum atomic E-state index is 14.3. The van der Waals surface area contributed by atoms with E-state index >= 15 is 0 Å². The van der Waals surface area contributed by atoms with Gasteiger partial charge >= 0.3 is 0 Å². The molecule has 2 bridgehead atoms. The number of nitrogens with zero attached hydrogens (tertiary/aromatic N) is 1. The van der Waals surface area contributed by atoms with Gasteiger partial charge in [0.15, 0.2) is 0 Å². The summed E-state index contributed by atoms with van der Waals surface area (Å²) in [5.74, 6) is -2.59. The predicted octanol–water partition coefficient (Wildman–Crippen LogP) is 3.88. The molecule has 3 fully saturated rings. The van der Waals surface area contributed by atoms with Crippen LogP contribution in [-0.2, 0) is 25.7 Å². The minimum absolute atomic E-state index is 0.0656. The maximum Gasteiger partial charge on any atom is 0.250 e. The monoisotopic (exact) mass is 555 g/mol. The molecule has 3 unspecified atom stereocenters. The van der Waals surface area contributed by atoms with Gasteiger partial charge < -0.3 is 25.4 Å². The Morgan fingerprint density at radius 1 is 1.05 bits per heavy atom. The number of ether oxygens (including phenoxy) is 1. The predicted molar refractivity (Wildman–Crippen MR) is 156 cm³/mol. The number of hydrogen-bond acceptors (Lipinski definition) is 5. The molecule has 0 aliphatic carbocycles. The first-order valence-electron chi connectivity index (χ1n) is 14.5. The standard InChI is InChI=1S/C33H37N3O5/c1-4-25(19-37)36-28(30(39)35-24-15-14-22-12-8-9-13-23(22)16-24)33-17-20(2)32(3,41-33)26(27(33)31(36)40)29(38)34-18-21-10-6-5-7-11-21/h5-16,20,25-28,37H,4,17-19H2,1-3H3,(H,34,38)(H,35,39)/t20?,25-,26-,27-,28?,32+,33?/m0/s1. The van der Waals surface area contributed by atoms with E-state index in [9.17, 15) is 19.5 Å². The summed E-state index contributed by atoms with van der Waals surface area (Å²) in [4.78, 5) is 43.8. The van der Waals surface area contributed by atoms with Crippen LogP contribution in [0.2, 0.25) is 0 Å². The molecule has 0 aromatic heterocycles. The van der Waals surface area contributed by atoms with Crippen molar-refractivity contribution in [2.45, 2.75) is 63.4 Å². The van der Waals surface area contributed by atoms with Crippen LogP contribution in [0.4, 0.5) is 5.69 Å². The van der Waals surface area contributed by atoms with Crippen molar-refractivity contribution in [1.82, 2.24) is 10.2 Å². The second kappa shape index (κ2) is 10.3. The fraction of sp³-hybridized carbons (Fsp3) is 0.424. The number of rotatable bonds is 8. The lowest BCUT2D eigenvalue weighted by atomic mass is 9.62. The van der Waals surface area contributed by atoms with Crippen molar-refractivity contribution < 1.29 is 24.2 Å². The van der Waals surface area contributed by atoms with Gasteiger partial charge in [-0.1, -0.05) is 74.5 Å². The van der Waals surface area contributed by atoms with Gasteiger partial charge in [0.1, 0.15) is 11.6 Å². The van der Waals surface area contributed by atoms with E-state index in [-0.39, 0.29) is 30.2 Å². The molecule has 0 radical (unpaired) electrons. The fourth-order valence-electron chi connectivity index (χ4n) is 7.56. The van der Waals surface area contributed by atoms with Gasteiger partial charge in [0, 0.05) is 12.2 Å². The van der Waals surface area contributed by atoms with Crippen LogP contribution in [0.1, 0.15) is 39.2 Å². The van der Waals surface area contributed by atoms with Crippen LogP contribution in [0, 0.1) is 17.8 Å². The Morgan fingerprint density at radius 3 is 2.46 bits per heavy atom. The molecule has 1 spiro atoms. The SMILES string of the molecule is CC[C@@H](CO)N1C(=O)[C@@H]2[C@@H](C(=O)NCc3ccccc3)[C@]3(C)OC2(CC3C)C1C(=O)Nc1ccc2ccccc2c1. The highest BCUT2D eigenvalue weighted by molar-refractivity contribution is 6.04. The van der Waals surface area contributed by atoms with Gasteiger partial charge in [0.25, 0.3) is 0 Å². The van der Waals surface area contributed by atoms with Crippen molar-refractivity contribution in [3.63, 3.8) is 0 Å². The number of aliphatic hydroxyl groups is 1. The molecular weight excluding hydrogens is 518 g/mol. The van der Waals surface area contributed by atoms with E-state index in [0.29, 0.717) is 25.1 Å². The van der Waals surface area contributed by atoms with E-state index in [4.69, 9.17) is 4.74 Å². The lowest BCUT2D eigenvalue weighted by Gasteiger charge is -2.36. The number of nitrogens with one attached hydrogen (secondary N) is 2. The number of anilines is 1. The van der Waals surface area contributed by atoms with E-state index in [2.05, 4.69) is 10.6 Å². The third kappa shape index (κ3) is 4.23. The van der Waals surface area contributed by atoms with Crippen molar-refractivity contribution in [2.75, 3.05) is 11.9 Å². The highest BCUT2D eigenvalue weighted by atomic mass is 16.5. The van der Waals surface area contributed by atoms with Crippen molar-refractivity contribution >= 4 is 34.2 Å². The highest BCUT2D eigenvalue weighted by Gasteiger charge is 2.80. The molecule has 3 aliphatic heterocycles. The molecule has 6 rings (SSSR count). The molecular formula is C33H37N3O5. The molecule has 3 aromatic carbocycles. The zero-order chi connectivity index (χ0) is 28.9. The van der Waals surface area contributed by atoms with Crippen LogP contribution in [0.3, 0.4) is 0 Å². The number of hydrogen-bond donors (Lipinski definition) is 3. The summed E-state index contributed by atoms with van der Waals surface area (Å²) in [5, 5.41) is 18.4. The van der Waals surface area contributed by atoms with Crippen LogP contribution in [0.5, 0.6) is 0 Å². The number of aliphatic hydroxyl groups excluding tert-OH is 1. The summed E-state index contributed by atoms with van der Waals surface area (Å²) in [6.07, 6.45) is 0.930. The van der Waals surface area contributed by atoms with Crippen molar-refractivity contribution in [2.24, 2.45) is 17.8 Å². The number of fused-ring (bicyclic) bond motifs is 2. The second-order valence-electron chi connectivity index (χ2n) is 11.9. The molecule has 3 saturated heterocycles. The normalized spacial score (nSPS) is 30.8. The van der Waals surface area contributed by atoms with Crippen LogP contribution < -0.4 is 10.6 Å². The van der Waals surface area contributed by atoms with Gasteiger partial charge in [-0.3, -0.25) is 14.4 Å². The molecule has 41 heavy (non-hydrogen) atoms. The molecule has 0 saturated carbocycles. The van der Waals surface area contributed by atoms with E-state index in [0.717, 1.165) is 16.3 Å². The Labute approximate surface area is 240 Å². The van der Waals surface area contributed by atoms with Crippen molar-refractivity contribution in [1.29, 1.82) is 0 Å². The lowest BCUT2D eigenvalue weighted by Crippen LogP contribution is -2.56. The van der Waals surface area contributed by atoms with Crippen LogP contribution in [0.15, 0.2) is 72.8 Å². The van der Waals surface area contributed by atoms with E-state index in [1.165, 1.54) is 4.90 Å². The Kier molecular flexibility index (Phi) is 6.86. The zero-order valence-corrected chi connectivity index (χ0v) is 23.7. The van der Waals surface area contributed by atoms with Crippen molar-refractivity contribution in [3.05, 3.63) is 78.4 Å². The number of likely N-dealkylation sites (tertiary alicyclic amines) is 1. The molecule has 8 heteroatoms.